The zero-order valence-corrected chi connectivity index (χ0v) is 12.7. The van der Waals surface area contributed by atoms with Crippen LogP contribution in [0, 0.1) is 11.7 Å². The molecule has 120 valence electrons. The lowest BCUT2D eigenvalue weighted by atomic mass is 9.87. The lowest BCUT2D eigenvalue weighted by Gasteiger charge is -2.21. The maximum Gasteiger partial charge on any atom is 0.254 e. The molecule has 2 N–H and O–H groups in total. The van der Waals surface area contributed by atoms with Crippen LogP contribution in [0.3, 0.4) is 0 Å². The van der Waals surface area contributed by atoms with E-state index in [4.69, 9.17) is 0 Å². The van der Waals surface area contributed by atoms with Crippen LogP contribution in [0.2, 0.25) is 0 Å². The molecule has 0 saturated heterocycles. The molecule has 1 aliphatic carbocycles. The Morgan fingerprint density at radius 2 is 1.82 bits per heavy atom. The largest absolute Gasteiger partial charge is 0.355 e. The van der Waals surface area contributed by atoms with E-state index in [1.807, 2.05) is 0 Å². The van der Waals surface area contributed by atoms with Gasteiger partial charge in [-0.25, -0.2) is 4.39 Å². The average Bonchev–Trinajstić information content (AvgIpc) is 2.54. The van der Waals surface area contributed by atoms with Crippen molar-refractivity contribution in [1.82, 2.24) is 10.6 Å². The van der Waals surface area contributed by atoms with Crippen LogP contribution in [-0.4, -0.2) is 24.9 Å². The van der Waals surface area contributed by atoms with E-state index >= 15 is 0 Å². The van der Waals surface area contributed by atoms with Crippen molar-refractivity contribution in [3.8, 4) is 0 Å². The minimum atomic E-state index is -0.585. The molecule has 0 radical (unpaired) electrons. The van der Waals surface area contributed by atoms with Crippen molar-refractivity contribution >= 4 is 11.8 Å². The molecule has 0 aliphatic heterocycles. The molecule has 1 fully saturated rings. The van der Waals surface area contributed by atoms with Crippen LogP contribution in [0.25, 0.3) is 0 Å². The molecule has 0 atom stereocenters. The molecule has 1 saturated carbocycles. The van der Waals surface area contributed by atoms with Crippen molar-refractivity contribution in [2.75, 3.05) is 13.1 Å². The van der Waals surface area contributed by atoms with Crippen LogP contribution in [-0.2, 0) is 4.79 Å². The van der Waals surface area contributed by atoms with Crippen molar-refractivity contribution < 1.29 is 14.0 Å². The third-order valence-corrected chi connectivity index (χ3v) is 4.13. The Morgan fingerprint density at radius 1 is 1.09 bits per heavy atom. The number of nitrogens with one attached hydrogen (secondary N) is 2. The van der Waals surface area contributed by atoms with Crippen LogP contribution >= 0.6 is 0 Å². The van der Waals surface area contributed by atoms with Crippen LogP contribution in [0.5, 0.6) is 0 Å². The summed E-state index contributed by atoms with van der Waals surface area (Å²) in [7, 11) is 0. The van der Waals surface area contributed by atoms with Gasteiger partial charge < -0.3 is 10.6 Å². The number of benzene rings is 1. The highest BCUT2D eigenvalue weighted by Crippen LogP contribution is 2.25. The SMILES string of the molecule is O=C(CNC(=O)c1ccccc1F)NCCC1CCCCC1. The summed E-state index contributed by atoms with van der Waals surface area (Å²) in [6, 6.07) is 5.72. The summed E-state index contributed by atoms with van der Waals surface area (Å²) in [5.74, 6) is -0.680. The quantitative estimate of drug-likeness (QED) is 0.849. The van der Waals surface area contributed by atoms with Gasteiger partial charge in [0.05, 0.1) is 12.1 Å². The van der Waals surface area contributed by atoms with Crippen molar-refractivity contribution in [2.45, 2.75) is 38.5 Å². The second kappa shape index (κ2) is 8.51. The van der Waals surface area contributed by atoms with Crippen LogP contribution in [0.15, 0.2) is 24.3 Å². The van der Waals surface area contributed by atoms with E-state index in [1.165, 1.54) is 50.3 Å². The predicted octanol–water partition coefficient (Wildman–Crippen LogP) is 2.64. The standard InChI is InChI=1S/C17H23FN2O2/c18-15-9-5-4-8-14(15)17(22)20-12-16(21)19-11-10-13-6-2-1-3-7-13/h4-5,8-9,13H,1-3,6-7,10-12H2,(H,19,21)(H,20,22). The number of amides is 2. The highest BCUT2D eigenvalue weighted by molar-refractivity contribution is 5.96. The number of carbonyl (C=O) groups excluding carboxylic acids is 2. The van der Waals surface area contributed by atoms with Gasteiger partial charge >= 0.3 is 0 Å². The van der Waals surface area contributed by atoms with E-state index in [1.54, 1.807) is 6.07 Å². The Balaban J connectivity index is 1.65. The molecule has 0 bridgehead atoms. The Kier molecular flexibility index (Phi) is 6.37. The maximum atomic E-state index is 13.4. The second-order valence-corrected chi connectivity index (χ2v) is 5.81. The summed E-state index contributed by atoms with van der Waals surface area (Å²) in [6.45, 7) is 0.511. The number of carbonyl (C=O) groups is 2. The topological polar surface area (TPSA) is 58.2 Å². The van der Waals surface area contributed by atoms with Gasteiger partial charge in [-0.15, -0.1) is 0 Å². The minimum absolute atomic E-state index is 0.0440. The average molecular weight is 306 g/mol. The molecule has 1 aromatic rings. The molecular formula is C17H23FN2O2. The smallest absolute Gasteiger partial charge is 0.254 e. The summed E-state index contributed by atoms with van der Waals surface area (Å²) in [4.78, 5) is 23.4. The Labute approximate surface area is 130 Å². The van der Waals surface area contributed by atoms with Crippen LogP contribution < -0.4 is 10.6 Å². The summed E-state index contributed by atoms with van der Waals surface area (Å²) in [5.41, 5.74) is -0.0440. The van der Waals surface area contributed by atoms with Gasteiger partial charge in [0, 0.05) is 6.54 Å². The third-order valence-electron chi connectivity index (χ3n) is 4.13. The van der Waals surface area contributed by atoms with Crippen molar-refractivity contribution in [1.29, 1.82) is 0 Å². The summed E-state index contributed by atoms with van der Waals surface area (Å²) < 4.78 is 13.4. The van der Waals surface area contributed by atoms with Crippen LogP contribution in [0.1, 0.15) is 48.9 Å². The fourth-order valence-electron chi connectivity index (χ4n) is 2.86. The number of hydrogen-bond donors (Lipinski definition) is 2. The Bertz CT molecular complexity index is 513. The molecular weight excluding hydrogens is 283 g/mol. The summed E-state index contributed by atoms with van der Waals surface area (Å²) in [6.07, 6.45) is 7.40. The molecule has 1 aliphatic rings. The predicted molar refractivity (Wildman–Crippen MR) is 82.9 cm³/mol. The van der Waals surface area contributed by atoms with E-state index in [9.17, 15) is 14.0 Å². The maximum absolute atomic E-state index is 13.4. The number of halogens is 1. The number of hydrogen-bond acceptors (Lipinski definition) is 2. The zero-order valence-electron chi connectivity index (χ0n) is 12.7. The highest BCUT2D eigenvalue weighted by Gasteiger charge is 2.14. The van der Waals surface area contributed by atoms with Gasteiger partial charge in [-0.1, -0.05) is 44.2 Å². The zero-order chi connectivity index (χ0) is 15.8. The minimum Gasteiger partial charge on any atom is -0.355 e. The first kappa shape index (κ1) is 16.5. The van der Waals surface area contributed by atoms with Crippen molar-refractivity contribution in [3.63, 3.8) is 0 Å². The van der Waals surface area contributed by atoms with Crippen molar-refractivity contribution in [3.05, 3.63) is 35.6 Å². The van der Waals surface area contributed by atoms with Gasteiger partial charge in [-0.2, -0.15) is 0 Å². The van der Waals surface area contributed by atoms with Gasteiger partial charge in [-0.3, -0.25) is 9.59 Å². The fraction of sp³-hybridized carbons (Fsp3) is 0.529. The van der Waals surface area contributed by atoms with Crippen LogP contribution in [0.4, 0.5) is 4.39 Å². The number of rotatable bonds is 6. The monoisotopic (exact) mass is 306 g/mol. The van der Waals surface area contributed by atoms with Crippen molar-refractivity contribution in [2.24, 2.45) is 5.92 Å². The molecule has 0 unspecified atom stereocenters. The van der Waals surface area contributed by atoms with E-state index in [0.717, 1.165) is 6.42 Å². The van der Waals surface area contributed by atoms with Gasteiger partial charge in [0.25, 0.3) is 5.91 Å². The molecule has 22 heavy (non-hydrogen) atoms. The first-order valence-corrected chi connectivity index (χ1v) is 7.96. The molecule has 0 spiro atoms. The van der Waals surface area contributed by atoms with Gasteiger partial charge in [0.2, 0.25) is 5.91 Å². The Morgan fingerprint density at radius 3 is 2.55 bits per heavy atom. The van der Waals surface area contributed by atoms with E-state index in [-0.39, 0.29) is 18.0 Å². The molecule has 1 aromatic carbocycles. The highest BCUT2D eigenvalue weighted by atomic mass is 19.1. The molecule has 5 heteroatoms. The van der Waals surface area contributed by atoms with Gasteiger partial charge in [-0.05, 0) is 24.5 Å². The lowest BCUT2D eigenvalue weighted by Crippen LogP contribution is -2.38. The van der Waals surface area contributed by atoms with Gasteiger partial charge in [0.15, 0.2) is 0 Å². The Hall–Kier alpha value is -1.91. The molecule has 4 nitrogen and oxygen atoms in total. The molecule has 2 rings (SSSR count). The second-order valence-electron chi connectivity index (χ2n) is 5.81. The normalized spacial score (nSPS) is 15.3. The van der Waals surface area contributed by atoms with E-state index < -0.39 is 11.7 Å². The fourth-order valence-corrected chi connectivity index (χ4v) is 2.86. The van der Waals surface area contributed by atoms with E-state index in [0.29, 0.717) is 12.5 Å². The summed E-state index contributed by atoms with van der Waals surface area (Å²) >= 11 is 0. The molecule has 2 amide bonds. The lowest BCUT2D eigenvalue weighted by molar-refractivity contribution is -0.120. The summed E-state index contributed by atoms with van der Waals surface area (Å²) in [5, 5.41) is 5.24. The third kappa shape index (κ3) is 5.13. The molecule has 0 heterocycles. The van der Waals surface area contributed by atoms with E-state index in [2.05, 4.69) is 10.6 Å². The molecule has 0 aromatic heterocycles. The first-order chi connectivity index (χ1) is 10.7. The van der Waals surface area contributed by atoms with Gasteiger partial charge in [0.1, 0.15) is 5.82 Å². The first-order valence-electron chi connectivity index (χ1n) is 7.96.